The van der Waals surface area contributed by atoms with Gasteiger partial charge in [0.2, 0.25) is 0 Å². The van der Waals surface area contributed by atoms with Gasteiger partial charge >= 0.3 is 0 Å². The molecule has 0 saturated heterocycles. The fraction of sp³-hybridized carbons (Fsp3) is 0.447. The van der Waals surface area contributed by atoms with E-state index < -0.39 is 0 Å². The van der Waals surface area contributed by atoms with Crippen LogP contribution in [0.4, 0.5) is 34.1 Å². The number of anilines is 6. The van der Waals surface area contributed by atoms with Gasteiger partial charge in [0.1, 0.15) is 10.0 Å². The molecule has 100 heavy (non-hydrogen) atoms. The largest absolute Gasteiger partial charge is 0.310 e. The number of rotatable bonds is 44. The predicted octanol–water partition coefficient (Wildman–Crippen LogP) is 30.7. The zero-order valence-corrected chi connectivity index (χ0v) is 63.2. The van der Waals surface area contributed by atoms with Crippen LogP contribution < -0.4 is 9.80 Å². The number of para-hydroxylation sites is 4. The van der Waals surface area contributed by atoms with E-state index in [9.17, 15) is 0 Å². The van der Waals surface area contributed by atoms with E-state index in [0.717, 1.165) is 45.4 Å². The molecule has 0 N–H and O–H groups in total. The number of nitrogens with zero attached hydrogens (tertiary/aromatic N) is 4. The van der Waals surface area contributed by atoms with Gasteiger partial charge in [0.15, 0.2) is 9.66 Å². The zero-order valence-electron chi connectivity index (χ0n) is 61.5. The summed E-state index contributed by atoms with van der Waals surface area (Å²) < 4.78 is 0. The Labute approximate surface area is 611 Å². The molecule has 0 fully saturated rings. The highest BCUT2D eigenvalue weighted by atomic mass is 32.1. The van der Waals surface area contributed by atoms with Crippen LogP contribution in [0.15, 0.2) is 194 Å². The first-order chi connectivity index (χ1) is 49.5. The number of fused-ring (bicyclic) bond motifs is 7. The molecule has 0 amide bonds. The minimum absolute atomic E-state index is 0.115. The van der Waals surface area contributed by atoms with Crippen molar-refractivity contribution in [2.24, 2.45) is 0 Å². The molecular weight excluding hydrogens is 1250 g/mol. The summed E-state index contributed by atoms with van der Waals surface area (Å²) in [6, 6.07) is 74.1. The third kappa shape index (κ3) is 17.5. The van der Waals surface area contributed by atoms with Gasteiger partial charge in [0, 0.05) is 56.1 Å². The smallest absolute Gasteiger partial charge is 0.155 e. The van der Waals surface area contributed by atoms with Gasteiger partial charge in [-0.25, -0.2) is 9.97 Å². The van der Waals surface area contributed by atoms with Crippen molar-refractivity contribution in [2.45, 2.75) is 270 Å². The molecular formula is C94H116N4S2. The molecule has 0 bridgehead atoms. The second-order valence-electron chi connectivity index (χ2n) is 29.7. The maximum absolute atomic E-state index is 5.63. The molecule has 4 nitrogen and oxygen atoms in total. The minimum atomic E-state index is -0.115. The van der Waals surface area contributed by atoms with E-state index in [1.165, 1.54) is 295 Å². The van der Waals surface area contributed by atoms with Crippen molar-refractivity contribution < 1.29 is 0 Å². The summed E-state index contributed by atoms with van der Waals surface area (Å²) in [5.74, 6) is 0. The third-order valence-electron chi connectivity index (χ3n) is 22.6. The van der Waals surface area contributed by atoms with Gasteiger partial charge in [-0.15, -0.1) is 0 Å². The molecule has 524 valence electrons. The number of hydrogen-bond donors (Lipinski definition) is 0. The monoisotopic (exact) mass is 1360 g/mol. The molecule has 0 radical (unpaired) electrons. The first kappa shape index (κ1) is 72.7. The van der Waals surface area contributed by atoms with Gasteiger partial charge in [-0.05, 0) is 155 Å². The van der Waals surface area contributed by atoms with Crippen molar-refractivity contribution in [3.05, 3.63) is 216 Å². The lowest BCUT2D eigenvalue weighted by atomic mass is 9.70. The Kier molecular flexibility index (Phi) is 27.0. The van der Waals surface area contributed by atoms with Crippen LogP contribution in [-0.4, -0.2) is 9.97 Å². The summed E-state index contributed by atoms with van der Waals surface area (Å²) in [7, 11) is 0. The Bertz CT molecular complexity index is 3660. The summed E-state index contributed by atoms with van der Waals surface area (Å²) in [5, 5.41) is 2.17. The van der Waals surface area contributed by atoms with E-state index in [0.29, 0.717) is 0 Å². The van der Waals surface area contributed by atoms with Crippen LogP contribution in [-0.2, 0) is 10.8 Å². The summed E-state index contributed by atoms with van der Waals surface area (Å²) >= 11 is 3.60. The number of thiazole rings is 2. The van der Waals surface area contributed by atoms with Crippen molar-refractivity contribution in [1.82, 2.24) is 9.97 Å². The normalized spacial score (nSPS) is 13.2. The highest BCUT2D eigenvalue weighted by Gasteiger charge is 2.45. The first-order valence-corrected chi connectivity index (χ1v) is 41.8. The van der Waals surface area contributed by atoms with Crippen LogP contribution in [0.5, 0.6) is 0 Å². The van der Waals surface area contributed by atoms with E-state index in [1.54, 1.807) is 22.7 Å². The Morgan fingerprint density at radius 3 is 0.760 bits per heavy atom. The average molecular weight is 1370 g/mol. The van der Waals surface area contributed by atoms with Crippen molar-refractivity contribution >= 4 is 66.5 Å². The molecule has 8 aromatic carbocycles. The maximum Gasteiger partial charge on any atom is 0.155 e. The van der Waals surface area contributed by atoms with Gasteiger partial charge in [0.05, 0.1) is 0 Å². The van der Waals surface area contributed by atoms with Crippen molar-refractivity contribution in [3.63, 3.8) is 0 Å². The van der Waals surface area contributed by atoms with Crippen molar-refractivity contribution in [2.75, 3.05) is 9.80 Å². The topological polar surface area (TPSA) is 32.3 Å². The molecule has 2 aliphatic carbocycles. The number of benzene rings is 8. The zero-order chi connectivity index (χ0) is 68.6. The average Bonchev–Trinajstić information content (AvgIpc) is 1.55. The van der Waals surface area contributed by atoms with E-state index in [2.05, 4.69) is 232 Å². The molecule has 10 aromatic rings. The lowest BCUT2D eigenvalue weighted by Crippen LogP contribution is -2.26. The number of hydrogen-bond acceptors (Lipinski definition) is 6. The summed E-state index contributed by atoms with van der Waals surface area (Å²) in [4.78, 5) is 18.3. The SMILES string of the molecule is CCCCCCCCCCC1(CCCCCCCCCC)c2cc(-c3nc4sc(-c5ccc6c(c5)C(CCCCCCCCCC)(CCCCCCCCCC)c5cc(N(c7ccccc7)c7ccccc7)ccc5-6)nc4s3)ccc2-c2ccc(N(c3ccccc3)c3ccccc3)cc21. The van der Waals surface area contributed by atoms with Gasteiger partial charge in [0.25, 0.3) is 0 Å². The van der Waals surface area contributed by atoms with Gasteiger partial charge in [-0.2, -0.15) is 0 Å². The quantitative estimate of drug-likeness (QED) is 0.0356. The second kappa shape index (κ2) is 37.2. The molecule has 6 heteroatoms. The fourth-order valence-electron chi connectivity index (χ4n) is 17.2. The lowest BCUT2D eigenvalue weighted by Gasteiger charge is -2.34. The van der Waals surface area contributed by atoms with Gasteiger partial charge < -0.3 is 9.80 Å². The molecule has 0 saturated carbocycles. The standard InChI is InChI=1S/C94H116N4S2/c1-5-9-13-17-21-25-29-45-65-93(66-46-30-26-22-18-14-10-6-2)85-69-73(57-61-81(85)83-63-59-79(71-87(83)93)97(75-49-37-33-38-50-75)76-51-39-34-40-52-76)89-95-91-92(99-89)96-90(100-91)74-58-62-82-84-64-60-80(98(77-53-41-35-42-54-77)78-55-43-36-44-56-78)72-88(84)94(86(82)70-74,67-47-31-27-23-19-15-11-7-3)68-48-32-28-24-20-16-12-8-4/h33-44,49-64,69-72H,5-32,45-48,65-68H2,1-4H3. The maximum atomic E-state index is 5.63. The highest BCUT2D eigenvalue weighted by Crippen LogP contribution is 2.59. The molecule has 2 aromatic heterocycles. The van der Waals surface area contributed by atoms with Crippen LogP contribution in [0.1, 0.15) is 281 Å². The Morgan fingerprint density at radius 1 is 0.250 bits per heavy atom. The third-order valence-corrected chi connectivity index (χ3v) is 24.7. The van der Waals surface area contributed by atoms with Crippen LogP contribution in [0.25, 0.3) is 53.1 Å². The molecule has 2 heterocycles. The van der Waals surface area contributed by atoms with Crippen molar-refractivity contribution in [1.29, 1.82) is 0 Å². The molecule has 0 spiro atoms. The second-order valence-corrected chi connectivity index (χ2v) is 31.7. The van der Waals surface area contributed by atoms with E-state index in [4.69, 9.17) is 9.97 Å². The lowest BCUT2D eigenvalue weighted by molar-refractivity contribution is 0.397. The van der Waals surface area contributed by atoms with Gasteiger partial charge in [-0.1, -0.05) is 365 Å². The minimum Gasteiger partial charge on any atom is -0.310 e. The fourth-order valence-corrected chi connectivity index (χ4v) is 19.2. The Balaban J connectivity index is 0.899. The van der Waals surface area contributed by atoms with E-state index >= 15 is 0 Å². The van der Waals surface area contributed by atoms with E-state index in [1.807, 2.05) is 0 Å². The van der Waals surface area contributed by atoms with Crippen LogP contribution in [0.2, 0.25) is 0 Å². The van der Waals surface area contributed by atoms with Crippen LogP contribution in [0.3, 0.4) is 0 Å². The van der Waals surface area contributed by atoms with Crippen LogP contribution in [0, 0.1) is 0 Å². The summed E-state index contributed by atoms with van der Waals surface area (Å²) in [6.07, 6.45) is 46.9. The Hall–Kier alpha value is -7.12. The van der Waals surface area contributed by atoms with Crippen molar-refractivity contribution in [3.8, 4) is 43.4 Å². The number of unbranched alkanes of at least 4 members (excludes halogenated alkanes) is 28. The van der Waals surface area contributed by atoms with E-state index in [-0.39, 0.29) is 10.8 Å². The van der Waals surface area contributed by atoms with Gasteiger partial charge in [-0.3, -0.25) is 0 Å². The number of aromatic nitrogens is 2. The predicted molar refractivity (Wildman–Crippen MR) is 437 cm³/mol. The molecule has 12 rings (SSSR count). The molecule has 0 unspecified atom stereocenters. The highest BCUT2D eigenvalue weighted by molar-refractivity contribution is 7.29. The van der Waals surface area contributed by atoms with Crippen LogP contribution >= 0.6 is 22.7 Å². The molecule has 0 atom stereocenters. The summed E-state index contributed by atoms with van der Waals surface area (Å²) in [5.41, 5.74) is 21.2. The molecule has 2 aliphatic rings. The molecule has 0 aliphatic heterocycles. The Morgan fingerprint density at radius 2 is 0.490 bits per heavy atom. The first-order valence-electron chi connectivity index (χ1n) is 40.1. The summed E-state index contributed by atoms with van der Waals surface area (Å²) in [6.45, 7) is 9.33.